The van der Waals surface area contributed by atoms with Gasteiger partial charge in [0.05, 0.1) is 6.61 Å². The number of benzene rings is 3. The van der Waals surface area contributed by atoms with E-state index in [2.05, 4.69) is 4.98 Å². The van der Waals surface area contributed by atoms with Gasteiger partial charge in [0.1, 0.15) is 17.1 Å². The number of unbranched alkanes of at least 4 members (excludes halogenated alkanes) is 1. The lowest BCUT2D eigenvalue weighted by Crippen LogP contribution is -1.99. The molecule has 162 valence electrons. The molecule has 0 fully saturated rings. The van der Waals surface area contributed by atoms with Crippen LogP contribution in [0.25, 0.3) is 17.2 Å². The molecule has 6 heteroatoms. The fourth-order valence-corrected chi connectivity index (χ4v) is 3.86. The number of ketones is 1. The van der Waals surface area contributed by atoms with Gasteiger partial charge in [-0.25, -0.2) is 9.37 Å². The van der Waals surface area contributed by atoms with Crippen LogP contribution in [0.5, 0.6) is 5.75 Å². The molecule has 0 saturated carbocycles. The van der Waals surface area contributed by atoms with Crippen LogP contribution in [0.1, 0.15) is 28.8 Å². The minimum absolute atomic E-state index is 0.114. The van der Waals surface area contributed by atoms with Crippen molar-refractivity contribution in [2.75, 3.05) is 12.4 Å². The van der Waals surface area contributed by atoms with E-state index >= 15 is 0 Å². The van der Waals surface area contributed by atoms with Crippen LogP contribution in [0.15, 0.2) is 88.5 Å². The number of oxazole rings is 1. The molecule has 32 heavy (non-hydrogen) atoms. The molecule has 0 amide bonds. The minimum atomic E-state index is -0.300. The molecule has 3 aromatic carbocycles. The van der Waals surface area contributed by atoms with E-state index < -0.39 is 0 Å². The number of thioether (sulfide) groups is 1. The van der Waals surface area contributed by atoms with Gasteiger partial charge in [-0.3, -0.25) is 4.79 Å². The normalized spacial score (nSPS) is 11.3. The third-order valence-corrected chi connectivity index (χ3v) is 5.66. The maximum Gasteiger partial charge on any atom is 0.256 e. The predicted octanol–water partition coefficient (Wildman–Crippen LogP) is 6.81. The van der Waals surface area contributed by atoms with E-state index in [-0.39, 0.29) is 11.6 Å². The first kappa shape index (κ1) is 21.8. The first-order valence-electron chi connectivity index (χ1n) is 10.4. The van der Waals surface area contributed by atoms with Crippen LogP contribution in [0.2, 0.25) is 0 Å². The van der Waals surface area contributed by atoms with Gasteiger partial charge in [0.25, 0.3) is 5.22 Å². The van der Waals surface area contributed by atoms with Crippen molar-refractivity contribution in [2.24, 2.45) is 0 Å². The van der Waals surface area contributed by atoms with Crippen molar-refractivity contribution in [3.63, 3.8) is 0 Å². The SMILES string of the molecule is O=C(C=Cc1ccc(F)cc1)c1ccc(OCCCCSc2nc3ccccc3o2)cc1. The lowest BCUT2D eigenvalue weighted by atomic mass is 10.1. The molecular weight excluding hydrogens is 425 g/mol. The molecule has 0 spiro atoms. The standard InChI is InChI=1S/C26H22FNO3S/c27-21-12-7-19(8-13-21)9-16-24(29)20-10-14-22(15-11-20)30-17-3-4-18-32-26-28-23-5-1-2-6-25(23)31-26/h1-2,5-16H,3-4,17-18H2. The molecule has 1 heterocycles. The Hall–Kier alpha value is -3.38. The van der Waals surface area contributed by atoms with Gasteiger partial charge in [-0.1, -0.05) is 42.1 Å². The van der Waals surface area contributed by atoms with Crippen molar-refractivity contribution in [2.45, 2.75) is 18.1 Å². The van der Waals surface area contributed by atoms with E-state index in [1.807, 2.05) is 24.3 Å². The first-order valence-corrected chi connectivity index (χ1v) is 11.4. The number of halogens is 1. The van der Waals surface area contributed by atoms with Gasteiger partial charge in [-0.2, -0.15) is 0 Å². The number of fused-ring (bicyclic) bond motifs is 1. The number of carbonyl (C=O) groups excluding carboxylic acids is 1. The van der Waals surface area contributed by atoms with Crippen molar-refractivity contribution >= 4 is 34.7 Å². The number of hydrogen-bond acceptors (Lipinski definition) is 5. The van der Waals surface area contributed by atoms with E-state index in [0.29, 0.717) is 17.4 Å². The summed E-state index contributed by atoms with van der Waals surface area (Å²) in [6.45, 7) is 0.603. The molecule has 0 saturated heterocycles. The molecule has 1 aromatic heterocycles. The van der Waals surface area contributed by atoms with Gasteiger partial charge in [0, 0.05) is 11.3 Å². The number of allylic oxidation sites excluding steroid dienone is 1. The highest BCUT2D eigenvalue weighted by Gasteiger charge is 2.06. The van der Waals surface area contributed by atoms with Gasteiger partial charge in [0.2, 0.25) is 0 Å². The number of nitrogens with zero attached hydrogens (tertiary/aromatic N) is 1. The summed E-state index contributed by atoms with van der Waals surface area (Å²) in [5, 5.41) is 0.695. The van der Waals surface area contributed by atoms with Gasteiger partial charge in [0.15, 0.2) is 11.4 Å². The fraction of sp³-hybridized carbons (Fsp3) is 0.154. The highest BCUT2D eigenvalue weighted by atomic mass is 32.2. The molecule has 0 atom stereocenters. The van der Waals surface area contributed by atoms with Crippen LogP contribution in [0.4, 0.5) is 4.39 Å². The molecule has 0 bridgehead atoms. The quantitative estimate of drug-likeness (QED) is 0.116. The van der Waals surface area contributed by atoms with Crippen LogP contribution in [-0.4, -0.2) is 23.1 Å². The molecule has 0 aliphatic heterocycles. The summed E-state index contributed by atoms with van der Waals surface area (Å²) < 4.78 is 24.4. The zero-order chi connectivity index (χ0) is 22.2. The third kappa shape index (κ3) is 6.08. The second kappa shape index (κ2) is 10.8. The summed E-state index contributed by atoms with van der Waals surface area (Å²) in [7, 11) is 0. The largest absolute Gasteiger partial charge is 0.494 e. The summed E-state index contributed by atoms with van der Waals surface area (Å²) in [6.07, 6.45) is 5.05. The Labute approximate surface area is 190 Å². The van der Waals surface area contributed by atoms with Crippen molar-refractivity contribution < 1.29 is 18.3 Å². The van der Waals surface area contributed by atoms with E-state index in [9.17, 15) is 9.18 Å². The Balaban J connectivity index is 1.16. The van der Waals surface area contributed by atoms with Crippen LogP contribution < -0.4 is 4.74 Å². The molecule has 0 aliphatic rings. The van der Waals surface area contributed by atoms with E-state index in [0.717, 1.165) is 41.0 Å². The van der Waals surface area contributed by atoms with Gasteiger partial charge in [-0.15, -0.1) is 0 Å². The van der Waals surface area contributed by atoms with Crippen molar-refractivity contribution in [3.05, 3.63) is 95.8 Å². The van der Waals surface area contributed by atoms with Crippen molar-refractivity contribution in [3.8, 4) is 5.75 Å². The van der Waals surface area contributed by atoms with E-state index in [1.165, 1.54) is 18.2 Å². The second-order valence-corrected chi connectivity index (χ2v) is 8.17. The Morgan fingerprint density at radius 1 is 1.00 bits per heavy atom. The molecule has 0 radical (unpaired) electrons. The smallest absolute Gasteiger partial charge is 0.256 e. The highest BCUT2D eigenvalue weighted by Crippen LogP contribution is 2.24. The average molecular weight is 448 g/mol. The minimum Gasteiger partial charge on any atom is -0.494 e. The van der Waals surface area contributed by atoms with E-state index in [4.69, 9.17) is 9.15 Å². The summed E-state index contributed by atoms with van der Waals surface area (Å²) >= 11 is 1.61. The van der Waals surface area contributed by atoms with Crippen LogP contribution >= 0.6 is 11.8 Å². The zero-order valence-electron chi connectivity index (χ0n) is 17.4. The number of hydrogen-bond donors (Lipinski definition) is 0. The first-order chi connectivity index (χ1) is 15.7. The van der Waals surface area contributed by atoms with Crippen LogP contribution in [0.3, 0.4) is 0 Å². The van der Waals surface area contributed by atoms with Gasteiger partial charge < -0.3 is 9.15 Å². The predicted molar refractivity (Wildman–Crippen MR) is 126 cm³/mol. The maximum absolute atomic E-state index is 12.9. The topological polar surface area (TPSA) is 52.3 Å². The molecule has 4 rings (SSSR count). The lowest BCUT2D eigenvalue weighted by Gasteiger charge is -2.06. The Kier molecular flexibility index (Phi) is 7.35. The lowest BCUT2D eigenvalue weighted by molar-refractivity contribution is 0.104. The molecule has 0 N–H and O–H groups in total. The zero-order valence-corrected chi connectivity index (χ0v) is 18.2. The number of para-hydroxylation sites is 2. The third-order valence-electron chi connectivity index (χ3n) is 4.74. The summed E-state index contributed by atoms with van der Waals surface area (Å²) in [5.74, 6) is 1.23. The Morgan fingerprint density at radius 2 is 1.78 bits per heavy atom. The average Bonchev–Trinajstić information content (AvgIpc) is 3.24. The number of ether oxygens (including phenoxy) is 1. The Bertz CT molecular complexity index is 1170. The van der Waals surface area contributed by atoms with Crippen LogP contribution in [-0.2, 0) is 0 Å². The number of carbonyl (C=O) groups is 1. The molecular formula is C26H22FNO3S. The van der Waals surface area contributed by atoms with E-state index in [1.54, 1.807) is 54.2 Å². The monoisotopic (exact) mass is 447 g/mol. The molecule has 4 aromatic rings. The summed E-state index contributed by atoms with van der Waals surface area (Å²) in [5.41, 5.74) is 3.04. The molecule has 0 unspecified atom stereocenters. The Morgan fingerprint density at radius 3 is 2.56 bits per heavy atom. The fourth-order valence-electron chi connectivity index (χ4n) is 3.02. The number of rotatable bonds is 10. The van der Waals surface area contributed by atoms with Crippen LogP contribution in [0, 0.1) is 5.82 Å². The highest BCUT2D eigenvalue weighted by molar-refractivity contribution is 7.99. The second-order valence-electron chi connectivity index (χ2n) is 7.13. The number of aromatic nitrogens is 1. The summed E-state index contributed by atoms with van der Waals surface area (Å²) in [4.78, 5) is 16.7. The van der Waals surface area contributed by atoms with Crippen molar-refractivity contribution in [1.82, 2.24) is 4.98 Å². The van der Waals surface area contributed by atoms with Gasteiger partial charge in [-0.05, 0) is 73.0 Å². The molecule has 0 aliphatic carbocycles. The maximum atomic E-state index is 12.9. The van der Waals surface area contributed by atoms with Gasteiger partial charge >= 0.3 is 0 Å². The molecule has 4 nitrogen and oxygen atoms in total. The summed E-state index contributed by atoms with van der Waals surface area (Å²) in [6, 6.07) is 20.8. The van der Waals surface area contributed by atoms with Crippen molar-refractivity contribution in [1.29, 1.82) is 0 Å².